The topological polar surface area (TPSA) is 21.3 Å². The van der Waals surface area contributed by atoms with Gasteiger partial charge in [0.15, 0.2) is 0 Å². The summed E-state index contributed by atoms with van der Waals surface area (Å²) in [5.74, 6) is 0. The minimum absolute atomic E-state index is 0.309. The molecule has 98 valence electrons. The summed E-state index contributed by atoms with van der Waals surface area (Å²) in [6.07, 6.45) is 5.01. The number of nitrogens with one attached hydrogen (secondary N) is 1. The summed E-state index contributed by atoms with van der Waals surface area (Å²) in [7, 11) is 0. The third-order valence-electron chi connectivity index (χ3n) is 4.00. The van der Waals surface area contributed by atoms with E-state index in [4.69, 9.17) is 4.74 Å². The van der Waals surface area contributed by atoms with Gasteiger partial charge in [-0.2, -0.15) is 0 Å². The number of hydrogen-bond donors (Lipinski definition) is 1. The first kappa shape index (κ1) is 12.6. The van der Waals surface area contributed by atoms with Crippen LogP contribution in [0.1, 0.15) is 24.8 Å². The van der Waals surface area contributed by atoms with Gasteiger partial charge in [-0.15, -0.1) is 0 Å². The standard InChI is InChI=1S/C15H20BrNO/c16-13-3-1-2-12(8-13)9-15(6-7-18-11-15)10-17-14-4-5-14/h1-3,8,14,17H,4-7,9-11H2. The molecule has 0 radical (unpaired) electrons. The van der Waals surface area contributed by atoms with Crippen LogP contribution in [0.2, 0.25) is 0 Å². The van der Waals surface area contributed by atoms with Gasteiger partial charge in [0.05, 0.1) is 6.61 Å². The zero-order valence-electron chi connectivity index (χ0n) is 10.6. The monoisotopic (exact) mass is 309 g/mol. The van der Waals surface area contributed by atoms with Gasteiger partial charge in [0.25, 0.3) is 0 Å². The Bertz CT molecular complexity index is 411. The normalized spacial score (nSPS) is 27.6. The van der Waals surface area contributed by atoms with Gasteiger partial charge in [0.1, 0.15) is 0 Å². The Labute approximate surface area is 117 Å². The molecule has 1 aromatic carbocycles. The van der Waals surface area contributed by atoms with Gasteiger partial charge in [-0.25, -0.2) is 0 Å². The smallest absolute Gasteiger partial charge is 0.0538 e. The summed E-state index contributed by atoms with van der Waals surface area (Å²) in [4.78, 5) is 0. The highest BCUT2D eigenvalue weighted by Gasteiger charge is 2.36. The molecule has 1 atom stereocenters. The van der Waals surface area contributed by atoms with Crippen LogP contribution in [0.15, 0.2) is 28.7 Å². The second-order valence-corrected chi connectivity index (χ2v) is 6.68. The van der Waals surface area contributed by atoms with Crippen LogP contribution >= 0.6 is 15.9 Å². The summed E-state index contributed by atoms with van der Waals surface area (Å²) >= 11 is 3.55. The molecular weight excluding hydrogens is 290 g/mol. The maximum absolute atomic E-state index is 5.66. The molecule has 1 N–H and O–H groups in total. The van der Waals surface area contributed by atoms with Gasteiger partial charge in [-0.3, -0.25) is 0 Å². The van der Waals surface area contributed by atoms with E-state index in [9.17, 15) is 0 Å². The van der Waals surface area contributed by atoms with Gasteiger partial charge in [0.2, 0.25) is 0 Å². The molecular formula is C15H20BrNO. The second-order valence-electron chi connectivity index (χ2n) is 5.76. The number of halogens is 1. The number of rotatable bonds is 5. The van der Waals surface area contributed by atoms with E-state index in [1.54, 1.807) is 0 Å². The molecule has 2 fully saturated rings. The van der Waals surface area contributed by atoms with Crippen molar-refractivity contribution in [3.63, 3.8) is 0 Å². The summed E-state index contributed by atoms with van der Waals surface area (Å²) < 4.78 is 6.83. The Morgan fingerprint density at radius 2 is 2.28 bits per heavy atom. The van der Waals surface area contributed by atoms with Crippen LogP contribution in [-0.2, 0) is 11.2 Å². The van der Waals surface area contributed by atoms with E-state index in [0.29, 0.717) is 5.41 Å². The lowest BCUT2D eigenvalue weighted by atomic mass is 9.81. The molecule has 1 unspecified atom stereocenters. The summed E-state index contributed by atoms with van der Waals surface area (Å²) in [5, 5.41) is 3.68. The van der Waals surface area contributed by atoms with E-state index < -0.39 is 0 Å². The zero-order valence-corrected chi connectivity index (χ0v) is 12.2. The van der Waals surface area contributed by atoms with Crippen molar-refractivity contribution in [3.05, 3.63) is 34.3 Å². The maximum Gasteiger partial charge on any atom is 0.0538 e. The van der Waals surface area contributed by atoms with Crippen LogP contribution in [0.5, 0.6) is 0 Å². The van der Waals surface area contributed by atoms with Crippen molar-refractivity contribution >= 4 is 15.9 Å². The summed E-state index contributed by atoms with van der Waals surface area (Å²) in [5.41, 5.74) is 1.72. The van der Waals surface area contributed by atoms with E-state index in [2.05, 4.69) is 45.5 Å². The predicted molar refractivity (Wildman–Crippen MR) is 76.7 cm³/mol. The van der Waals surface area contributed by atoms with Gasteiger partial charge in [-0.05, 0) is 43.4 Å². The predicted octanol–water partition coefficient (Wildman–Crippen LogP) is 3.15. The molecule has 3 heteroatoms. The van der Waals surface area contributed by atoms with Crippen LogP contribution in [0.25, 0.3) is 0 Å². The molecule has 0 bridgehead atoms. The number of hydrogen-bond acceptors (Lipinski definition) is 2. The Balaban J connectivity index is 1.68. The first-order chi connectivity index (χ1) is 8.76. The Hall–Kier alpha value is -0.380. The van der Waals surface area contributed by atoms with E-state index in [1.165, 1.54) is 29.3 Å². The Morgan fingerprint density at radius 1 is 1.39 bits per heavy atom. The van der Waals surface area contributed by atoms with Crippen LogP contribution in [0.3, 0.4) is 0 Å². The molecule has 1 aliphatic carbocycles. The van der Waals surface area contributed by atoms with Crippen LogP contribution in [-0.4, -0.2) is 25.8 Å². The molecule has 0 spiro atoms. The van der Waals surface area contributed by atoms with Crippen LogP contribution in [0.4, 0.5) is 0 Å². The average Bonchev–Trinajstić information content (AvgIpc) is 3.08. The molecule has 2 aliphatic rings. The number of ether oxygens (including phenoxy) is 1. The van der Waals surface area contributed by atoms with Crippen LogP contribution in [0, 0.1) is 5.41 Å². The fourth-order valence-electron chi connectivity index (χ4n) is 2.72. The lowest BCUT2D eigenvalue weighted by molar-refractivity contribution is 0.149. The molecule has 1 aromatic rings. The minimum Gasteiger partial charge on any atom is -0.381 e. The first-order valence-corrected chi connectivity index (χ1v) is 7.61. The molecule has 2 nitrogen and oxygen atoms in total. The molecule has 0 amide bonds. The highest BCUT2D eigenvalue weighted by Crippen LogP contribution is 2.34. The highest BCUT2D eigenvalue weighted by molar-refractivity contribution is 9.10. The highest BCUT2D eigenvalue weighted by atomic mass is 79.9. The molecule has 1 saturated carbocycles. The maximum atomic E-state index is 5.66. The molecule has 1 saturated heterocycles. The fraction of sp³-hybridized carbons (Fsp3) is 0.600. The van der Waals surface area contributed by atoms with Crippen molar-refractivity contribution < 1.29 is 4.74 Å². The Kier molecular flexibility index (Phi) is 3.73. The second kappa shape index (κ2) is 5.32. The largest absolute Gasteiger partial charge is 0.381 e. The quantitative estimate of drug-likeness (QED) is 0.902. The lowest BCUT2D eigenvalue weighted by Crippen LogP contribution is -2.37. The van der Waals surface area contributed by atoms with Gasteiger partial charge in [0, 0.05) is 29.1 Å². The van der Waals surface area contributed by atoms with Crippen molar-refractivity contribution in [3.8, 4) is 0 Å². The Morgan fingerprint density at radius 3 is 2.94 bits per heavy atom. The van der Waals surface area contributed by atoms with E-state index in [1.807, 2.05) is 0 Å². The lowest BCUT2D eigenvalue weighted by Gasteiger charge is -2.28. The van der Waals surface area contributed by atoms with Crippen molar-refractivity contribution in [2.45, 2.75) is 31.7 Å². The summed E-state index contributed by atoms with van der Waals surface area (Å²) in [6, 6.07) is 9.45. The fourth-order valence-corrected chi connectivity index (χ4v) is 3.17. The average molecular weight is 310 g/mol. The van der Waals surface area contributed by atoms with Crippen molar-refractivity contribution in [2.24, 2.45) is 5.41 Å². The molecule has 3 rings (SSSR count). The van der Waals surface area contributed by atoms with Crippen LogP contribution < -0.4 is 5.32 Å². The summed E-state index contributed by atoms with van der Waals surface area (Å²) in [6.45, 7) is 2.92. The van der Waals surface area contributed by atoms with Crippen molar-refractivity contribution in [2.75, 3.05) is 19.8 Å². The SMILES string of the molecule is Brc1cccc(CC2(CNC3CC3)CCOC2)c1. The van der Waals surface area contributed by atoms with Gasteiger partial charge in [-0.1, -0.05) is 28.1 Å². The molecule has 1 heterocycles. The first-order valence-electron chi connectivity index (χ1n) is 6.81. The van der Waals surface area contributed by atoms with Crippen molar-refractivity contribution in [1.29, 1.82) is 0 Å². The zero-order chi connectivity index (χ0) is 12.4. The van der Waals surface area contributed by atoms with E-state index in [0.717, 1.165) is 32.2 Å². The third kappa shape index (κ3) is 3.14. The number of benzene rings is 1. The van der Waals surface area contributed by atoms with E-state index >= 15 is 0 Å². The molecule has 18 heavy (non-hydrogen) atoms. The molecule has 0 aromatic heterocycles. The van der Waals surface area contributed by atoms with E-state index in [-0.39, 0.29) is 0 Å². The minimum atomic E-state index is 0.309. The van der Waals surface area contributed by atoms with Gasteiger partial charge < -0.3 is 10.1 Å². The van der Waals surface area contributed by atoms with Crippen molar-refractivity contribution in [1.82, 2.24) is 5.32 Å². The molecule has 1 aliphatic heterocycles. The third-order valence-corrected chi connectivity index (χ3v) is 4.49. The van der Waals surface area contributed by atoms with Gasteiger partial charge >= 0.3 is 0 Å².